The molecule has 12 heavy (non-hydrogen) atoms. The van der Waals surface area contributed by atoms with Crippen molar-refractivity contribution in [2.45, 2.75) is 31.3 Å². The predicted octanol–water partition coefficient (Wildman–Crippen LogP) is 0.232. The van der Waals surface area contributed by atoms with Crippen molar-refractivity contribution in [3.63, 3.8) is 0 Å². The van der Waals surface area contributed by atoms with Gasteiger partial charge in [0.2, 0.25) is 0 Å². The zero-order valence-corrected chi connectivity index (χ0v) is 7.41. The number of morpholine rings is 1. The molecule has 3 nitrogen and oxygen atoms in total. The highest BCUT2D eigenvalue weighted by Gasteiger charge is 2.35. The number of ether oxygens (including phenoxy) is 1. The van der Waals surface area contributed by atoms with Crippen molar-refractivity contribution in [2.75, 3.05) is 26.4 Å². The number of nitrogens with zero attached hydrogens (tertiary/aromatic N) is 1. The van der Waals surface area contributed by atoms with E-state index in [0.29, 0.717) is 6.04 Å². The molecule has 1 aliphatic heterocycles. The van der Waals surface area contributed by atoms with Crippen LogP contribution in [0.25, 0.3) is 0 Å². The lowest BCUT2D eigenvalue weighted by Crippen LogP contribution is -2.46. The average Bonchev–Trinajstić information content (AvgIpc) is 2.89. The summed E-state index contributed by atoms with van der Waals surface area (Å²) in [6.45, 7) is 3.04. The van der Waals surface area contributed by atoms with Crippen LogP contribution in [0, 0.1) is 0 Å². The molecule has 0 radical (unpaired) electrons. The lowest BCUT2D eigenvalue weighted by Gasteiger charge is -2.35. The van der Waals surface area contributed by atoms with Gasteiger partial charge in [0.1, 0.15) is 0 Å². The van der Waals surface area contributed by atoms with Crippen molar-refractivity contribution in [2.24, 2.45) is 0 Å². The normalized spacial score (nSPS) is 32.2. The fourth-order valence-electron chi connectivity index (χ4n) is 1.95. The molecular weight excluding hydrogens is 154 g/mol. The minimum absolute atomic E-state index is 0.289. The highest BCUT2D eigenvalue weighted by molar-refractivity contribution is 4.90. The van der Waals surface area contributed by atoms with Crippen LogP contribution in [0.15, 0.2) is 0 Å². The molecule has 70 valence electrons. The Kier molecular flexibility index (Phi) is 2.63. The quantitative estimate of drug-likeness (QED) is 0.660. The van der Waals surface area contributed by atoms with E-state index in [9.17, 15) is 0 Å². The van der Waals surface area contributed by atoms with E-state index in [2.05, 4.69) is 4.90 Å². The van der Waals surface area contributed by atoms with Crippen molar-refractivity contribution in [1.29, 1.82) is 0 Å². The maximum absolute atomic E-state index is 8.86. The third kappa shape index (κ3) is 1.79. The van der Waals surface area contributed by atoms with E-state index in [1.54, 1.807) is 0 Å². The van der Waals surface area contributed by atoms with Gasteiger partial charge in [0.15, 0.2) is 0 Å². The first kappa shape index (κ1) is 8.48. The fraction of sp³-hybridized carbons (Fsp3) is 1.00. The van der Waals surface area contributed by atoms with Crippen LogP contribution in [-0.2, 0) is 4.74 Å². The van der Waals surface area contributed by atoms with Gasteiger partial charge in [-0.2, -0.15) is 0 Å². The van der Waals surface area contributed by atoms with Crippen LogP contribution in [0.5, 0.6) is 0 Å². The summed E-state index contributed by atoms with van der Waals surface area (Å²) < 4.78 is 5.39. The lowest BCUT2D eigenvalue weighted by molar-refractivity contribution is -0.0196. The van der Waals surface area contributed by atoms with Gasteiger partial charge in [0.25, 0.3) is 0 Å². The Bertz CT molecular complexity index is 145. The Balaban J connectivity index is 1.87. The van der Waals surface area contributed by atoms with E-state index in [1.165, 1.54) is 12.8 Å². The molecule has 0 aromatic carbocycles. The maximum Gasteiger partial charge on any atom is 0.0623 e. The van der Waals surface area contributed by atoms with E-state index in [0.717, 1.165) is 32.2 Å². The number of rotatable bonds is 3. The zero-order chi connectivity index (χ0) is 8.39. The van der Waals surface area contributed by atoms with Crippen LogP contribution >= 0.6 is 0 Å². The Hall–Kier alpha value is -0.120. The first-order chi connectivity index (χ1) is 5.92. The second kappa shape index (κ2) is 3.73. The number of aliphatic hydroxyl groups is 1. The summed E-state index contributed by atoms with van der Waals surface area (Å²) in [7, 11) is 0. The summed E-state index contributed by atoms with van der Waals surface area (Å²) in [5.41, 5.74) is 0. The first-order valence-electron chi connectivity index (χ1n) is 4.86. The SMILES string of the molecule is OCCC1COCCN1C1CC1. The smallest absolute Gasteiger partial charge is 0.0623 e. The Morgan fingerprint density at radius 3 is 2.92 bits per heavy atom. The molecule has 1 aliphatic carbocycles. The largest absolute Gasteiger partial charge is 0.396 e. The standard InChI is InChI=1S/C9H17NO2/c11-5-3-9-7-12-6-4-10(9)8-1-2-8/h8-9,11H,1-7H2. The number of hydrogen-bond acceptors (Lipinski definition) is 3. The Morgan fingerprint density at radius 2 is 2.25 bits per heavy atom. The molecule has 0 amide bonds. The van der Waals surface area contributed by atoms with E-state index in [-0.39, 0.29) is 6.61 Å². The maximum atomic E-state index is 8.86. The second-order valence-electron chi connectivity index (χ2n) is 3.71. The molecule has 1 heterocycles. The number of aliphatic hydroxyl groups excluding tert-OH is 1. The fourth-order valence-corrected chi connectivity index (χ4v) is 1.95. The van der Waals surface area contributed by atoms with Crippen molar-refractivity contribution in [1.82, 2.24) is 4.90 Å². The molecule has 0 aromatic rings. The van der Waals surface area contributed by atoms with Crippen LogP contribution in [0.3, 0.4) is 0 Å². The molecule has 1 saturated carbocycles. The minimum atomic E-state index is 0.289. The Morgan fingerprint density at radius 1 is 1.42 bits per heavy atom. The molecule has 2 fully saturated rings. The monoisotopic (exact) mass is 171 g/mol. The van der Waals surface area contributed by atoms with Gasteiger partial charge in [-0.05, 0) is 19.3 Å². The lowest BCUT2D eigenvalue weighted by atomic mass is 10.1. The van der Waals surface area contributed by atoms with Crippen LogP contribution in [0.4, 0.5) is 0 Å². The topological polar surface area (TPSA) is 32.7 Å². The highest BCUT2D eigenvalue weighted by atomic mass is 16.5. The predicted molar refractivity (Wildman–Crippen MR) is 46.0 cm³/mol. The van der Waals surface area contributed by atoms with Crippen LogP contribution in [0.1, 0.15) is 19.3 Å². The Labute approximate surface area is 73.3 Å². The van der Waals surface area contributed by atoms with Gasteiger partial charge >= 0.3 is 0 Å². The summed E-state index contributed by atoms with van der Waals surface area (Å²) in [5.74, 6) is 0. The van der Waals surface area contributed by atoms with E-state index in [1.807, 2.05) is 0 Å². The van der Waals surface area contributed by atoms with E-state index < -0.39 is 0 Å². The van der Waals surface area contributed by atoms with Crippen molar-refractivity contribution in [3.8, 4) is 0 Å². The second-order valence-corrected chi connectivity index (χ2v) is 3.71. The molecular formula is C9H17NO2. The van der Waals surface area contributed by atoms with Crippen molar-refractivity contribution < 1.29 is 9.84 Å². The van der Waals surface area contributed by atoms with Gasteiger partial charge in [-0.3, -0.25) is 4.90 Å². The zero-order valence-electron chi connectivity index (χ0n) is 7.41. The van der Waals surface area contributed by atoms with E-state index in [4.69, 9.17) is 9.84 Å². The van der Waals surface area contributed by atoms with Gasteiger partial charge < -0.3 is 9.84 Å². The van der Waals surface area contributed by atoms with Gasteiger partial charge in [0.05, 0.1) is 13.2 Å². The van der Waals surface area contributed by atoms with Gasteiger partial charge in [-0.25, -0.2) is 0 Å². The molecule has 0 aromatic heterocycles. The molecule has 3 heteroatoms. The summed E-state index contributed by atoms with van der Waals surface area (Å²) in [5, 5.41) is 8.86. The third-order valence-electron chi connectivity index (χ3n) is 2.75. The molecule has 0 bridgehead atoms. The van der Waals surface area contributed by atoms with E-state index >= 15 is 0 Å². The van der Waals surface area contributed by atoms with Gasteiger partial charge in [0, 0.05) is 25.2 Å². The molecule has 1 atom stereocenters. The third-order valence-corrected chi connectivity index (χ3v) is 2.75. The van der Waals surface area contributed by atoms with Crippen molar-refractivity contribution >= 4 is 0 Å². The summed E-state index contributed by atoms with van der Waals surface area (Å²) in [6.07, 6.45) is 3.57. The van der Waals surface area contributed by atoms with Crippen molar-refractivity contribution in [3.05, 3.63) is 0 Å². The molecule has 2 rings (SSSR count). The summed E-state index contributed by atoms with van der Waals surface area (Å²) >= 11 is 0. The summed E-state index contributed by atoms with van der Waals surface area (Å²) in [6, 6.07) is 1.29. The average molecular weight is 171 g/mol. The van der Waals surface area contributed by atoms with Gasteiger partial charge in [-0.1, -0.05) is 0 Å². The number of hydrogen-bond donors (Lipinski definition) is 1. The molecule has 2 aliphatic rings. The minimum Gasteiger partial charge on any atom is -0.396 e. The van der Waals surface area contributed by atoms with Crippen LogP contribution in [0.2, 0.25) is 0 Å². The highest BCUT2D eigenvalue weighted by Crippen LogP contribution is 2.30. The molecule has 1 saturated heterocycles. The molecule has 1 N–H and O–H groups in total. The van der Waals surface area contributed by atoms with Crippen LogP contribution < -0.4 is 0 Å². The first-order valence-corrected chi connectivity index (χ1v) is 4.86. The molecule has 0 spiro atoms. The van der Waals surface area contributed by atoms with Crippen LogP contribution in [-0.4, -0.2) is 48.5 Å². The molecule has 1 unspecified atom stereocenters. The summed E-state index contributed by atoms with van der Waals surface area (Å²) in [4.78, 5) is 2.51. The van der Waals surface area contributed by atoms with Gasteiger partial charge in [-0.15, -0.1) is 0 Å².